The number of hydrogen-bond donors (Lipinski definition) is 1. The number of sulfone groups is 1. The van der Waals surface area contributed by atoms with Gasteiger partial charge in [0, 0.05) is 12.0 Å². The van der Waals surface area contributed by atoms with Crippen LogP contribution in [0.2, 0.25) is 0 Å². The average Bonchev–Trinajstić information content (AvgIpc) is 3.32. The van der Waals surface area contributed by atoms with E-state index in [0.29, 0.717) is 10.7 Å². The van der Waals surface area contributed by atoms with E-state index in [1.165, 1.54) is 0 Å². The van der Waals surface area contributed by atoms with Crippen LogP contribution in [0, 0.1) is 0 Å². The maximum atomic E-state index is 12.6. The van der Waals surface area contributed by atoms with Gasteiger partial charge in [-0.1, -0.05) is 36.4 Å². The molecule has 150 valence electrons. The summed E-state index contributed by atoms with van der Waals surface area (Å²) in [6.07, 6.45) is 3.24. The highest BCUT2D eigenvalue weighted by Crippen LogP contribution is 2.31. The summed E-state index contributed by atoms with van der Waals surface area (Å²) < 4.78 is 26.5. The van der Waals surface area contributed by atoms with Crippen molar-refractivity contribution in [3.63, 3.8) is 0 Å². The molecule has 29 heavy (non-hydrogen) atoms. The minimum absolute atomic E-state index is 0.0551. The minimum Gasteiger partial charge on any atom is -0.310 e. The van der Waals surface area contributed by atoms with Gasteiger partial charge in [0.05, 0.1) is 22.0 Å². The third-order valence-corrected chi connectivity index (χ3v) is 6.90. The average molecular weight is 410 g/mol. The van der Waals surface area contributed by atoms with Gasteiger partial charge in [0.15, 0.2) is 9.84 Å². The first-order valence-electron chi connectivity index (χ1n) is 9.78. The van der Waals surface area contributed by atoms with Crippen LogP contribution in [0.15, 0.2) is 65.6 Å². The number of hydrogen-bond acceptors (Lipinski definition) is 4. The predicted octanol–water partition coefficient (Wildman–Crippen LogP) is 3.55. The molecule has 0 saturated heterocycles. The van der Waals surface area contributed by atoms with E-state index < -0.39 is 9.84 Å². The van der Waals surface area contributed by atoms with Crippen LogP contribution in [0.4, 0.5) is 5.82 Å². The van der Waals surface area contributed by atoms with Crippen molar-refractivity contribution in [2.75, 3.05) is 11.1 Å². The Bertz CT molecular complexity index is 1110. The molecular formula is C22H23N3O3S. The Labute approximate surface area is 170 Å². The van der Waals surface area contributed by atoms with Crippen molar-refractivity contribution in [3.05, 3.63) is 71.9 Å². The first kappa shape index (κ1) is 19.4. The maximum absolute atomic E-state index is 12.6. The number of anilines is 1. The number of nitrogens with one attached hydrogen (secondary N) is 1. The van der Waals surface area contributed by atoms with Crippen molar-refractivity contribution in [2.24, 2.45) is 0 Å². The number of rotatable bonds is 7. The number of para-hydroxylation sites is 1. The summed E-state index contributed by atoms with van der Waals surface area (Å²) in [6, 6.07) is 18.0. The van der Waals surface area contributed by atoms with E-state index >= 15 is 0 Å². The highest BCUT2D eigenvalue weighted by molar-refractivity contribution is 7.91. The van der Waals surface area contributed by atoms with Gasteiger partial charge in [-0.05, 0) is 49.9 Å². The van der Waals surface area contributed by atoms with E-state index in [1.807, 2.05) is 30.3 Å². The lowest BCUT2D eigenvalue weighted by molar-refractivity contribution is -0.116. The summed E-state index contributed by atoms with van der Waals surface area (Å²) in [7, 11) is -3.38. The van der Waals surface area contributed by atoms with Crippen molar-refractivity contribution in [1.82, 2.24) is 9.78 Å². The zero-order valence-electron chi connectivity index (χ0n) is 16.0. The fourth-order valence-corrected chi connectivity index (χ4v) is 4.97. The Kier molecular flexibility index (Phi) is 5.49. The molecule has 3 aromatic rings. The summed E-state index contributed by atoms with van der Waals surface area (Å²) in [4.78, 5) is 12.9. The molecule has 2 aromatic carbocycles. The van der Waals surface area contributed by atoms with Crippen molar-refractivity contribution < 1.29 is 13.2 Å². The van der Waals surface area contributed by atoms with E-state index in [4.69, 9.17) is 0 Å². The fourth-order valence-electron chi connectivity index (χ4n) is 3.64. The van der Waals surface area contributed by atoms with E-state index in [2.05, 4.69) is 10.4 Å². The van der Waals surface area contributed by atoms with Gasteiger partial charge >= 0.3 is 0 Å². The molecule has 1 heterocycles. The Hall–Kier alpha value is -2.93. The summed E-state index contributed by atoms with van der Waals surface area (Å²) in [5.74, 6) is 0.459. The number of carbonyl (C=O) groups is 1. The second-order valence-corrected chi connectivity index (χ2v) is 9.27. The lowest BCUT2D eigenvalue weighted by Crippen LogP contribution is -2.17. The van der Waals surface area contributed by atoms with Crippen LogP contribution in [-0.4, -0.2) is 29.9 Å². The van der Waals surface area contributed by atoms with Gasteiger partial charge in [-0.15, -0.1) is 0 Å². The lowest BCUT2D eigenvalue weighted by Gasteiger charge is -2.11. The predicted molar refractivity (Wildman–Crippen MR) is 112 cm³/mol. The minimum atomic E-state index is -3.38. The number of benzene rings is 2. The largest absolute Gasteiger partial charge is 0.310 e. The van der Waals surface area contributed by atoms with Crippen LogP contribution in [0.25, 0.3) is 5.69 Å². The van der Waals surface area contributed by atoms with Crippen molar-refractivity contribution >= 4 is 21.6 Å². The number of carbonyl (C=O) groups excluding carboxylic acids is 1. The molecule has 6 nitrogen and oxygen atoms in total. The number of aryl methyl sites for hydroxylation is 1. The molecule has 0 radical (unpaired) electrons. The molecule has 0 bridgehead atoms. The molecule has 0 fully saturated rings. The Morgan fingerprint density at radius 2 is 1.69 bits per heavy atom. The zero-order valence-corrected chi connectivity index (χ0v) is 16.9. The molecule has 0 unspecified atom stereocenters. The highest BCUT2D eigenvalue weighted by atomic mass is 32.2. The van der Waals surface area contributed by atoms with Gasteiger partial charge in [-0.3, -0.25) is 4.79 Å². The fraction of sp³-hybridized carbons (Fsp3) is 0.273. The van der Waals surface area contributed by atoms with Crippen LogP contribution < -0.4 is 5.32 Å². The molecule has 1 aromatic heterocycles. The monoisotopic (exact) mass is 409 g/mol. The first-order chi connectivity index (χ1) is 14.0. The lowest BCUT2D eigenvalue weighted by atomic mass is 10.2. The Balaban J connectivity index is 1.44. The number of nitrogens with zero attached hydrogens (tertiary/aromatic N) is 2. The van der Waals surface area contributed by atoms with Crippen molar-refractivity contribution in [2.45, 2.75) is 37.0 Å². The number of aromatic nitrogens is 2. The molecule has 7 heteroatoms. The normalized spacial score (nSPS) is 13.2. The molecule has 0 spiro atoms. The summed E-state index contributed by atoms with van der Waals surface area (Å²) in [5.41, 5.74) is 3.00. The number of amides is 1. The van der Waals surface area contributed by atoms with Crippen LogP contribution in [0.1, 0.15) is 30.5 Å². The molecule has 0 aliphatic heterocycles. The van der Waals surface area contributed by atoms with Gasteiger partial charge in [-0.2, -0.15) is 5.10 Å². The van der Waals surface area contributed by atoms with Crippen LogP contribution in [0.3, 0.4) is 0 Å². The molecule has 0 saturated carbocycles. The Morgan fingerprint density at radius 1 is 1.00 bits per heavy atom. The first-order valence-corrected chi connectivity index (χ1v) is 11.4. The third kappa shape index (κ3) is 4.24. The van der Waals surface area contributed by atoms with Gasteiger partial charge < -0.3 is 5.32 Å². The van der Waals surface area contributed by atoms with Crippen LogP contribution in [-0.2, 0) is 27.5 Å². The molecule has 1 aliphatic carbocycles. The zero-order chi connectivity index (χ0) is 20.3. The molecule has 1 amide bonds. The molecular weight excluding hydrogens is 386 g/mol. The van der Waals surface area contributed by atoms with Gasteiger partial charge in [0.1, 0.15) is 5.82 Å². The van der Waals surface area contributed by atoms with E-state index in [9.17, 15) is 13.2 Å². The summed E-state index contributed by atoms with van der Waals surface area (Å²) in [6.45, 7) is 0. The summed E-state index contributed by atoms with van der Waals surface area (Å²) in [5, 5.41) is 7.66. The molecule has 4 rings (SSSR count). The van der Waals surface area contributed by atoms with Crippen molar-refractivity contribution in [1.29, 1.82) is 0 Å². The van der Waals surface area contributed by atoms with E-state index in [1.54, 1.807) is 35.0 Å². The van der Waals surface area contributed by atoms with Gasteiger partial charge in [0.25, 0.3) is 0 Å². The molecule has 0 atom stereocenters. The second kappa shape index (κ2) is 8.21. The topological polar surface area (TPSA) is 81.1 Å². The van der Waals surface area contributed by atoms with Gasteiger partial charge in [0.2, 0.25) is 5.91 Å². The second-order valence-electron chi connectivity index (χ2n) is 7.16. The maximum Gasteiger partial charge on any atom is 0.225 e. The van der Waals surface area contributed by atoms with E-state index in [0.717, 1.165) is 36.2 Å². The van der Waals surface area contributed by atoms with Crippen LogP contribution >= 0.6 is 0 Å². The van der Waals surface area contributed by atoms with Crippen molar-refractivity contribution in [3.8, 4) is 5.69 Å². The van der Waals surface area contributed by atoms with Crippen LogP contribution in [0.5, 0.6) is 0 Å². The quantitative estimate of drug-likeness (QED) is 0.647. The van der Waals surface area contributed by atoms with E-state index in [-0.39, 0.29) is 24.5 Å². The Morgan fingerprint density at radius 3 is 2.41 bits per heavy atom. The molecule has 1 N–H and O–H groups in total. The highest BCUT2D eigenvalue weighted by Gasteiger charge is 2.24. The number of fused-ring (bicyclic) bond motifs is 1. The summed E-state index contributed by atoms with van der Waals surface area (Å²) >= 11 is 0. The molecule has 1 aliphatic rings. The smallest absolute Gasteiger partial charge is 0.225 e. The standard InChI is InChI=1S/C22H23N3O3S/c26-21(15-8-16-29(27,28)18-11-5-2-6-12-18)23-22-19-13-7-14-20(19)24-25(22)17-9-3-1-4-10-17/h1-6,9-12H,7-8,13-16H2,(H,23,26). The van der Waals surface area contributed by atoms with Gasteiger partial charge in [-0.25, -0.2) is 13.1 Å². The third-order valence-electron chi connectivity index (χ3n) is 5.08. The SMILES string of the molecule is O=C(CCCS(=O)(=O)c1ccccc1)Nc1c2c(nn1-c1ccccc1)CCC2.